The number of aliphatic hydroxyl groups excluding tert-OH is 1. The van der Waals surface area contributed by atoms with Gasteiger partial charge in [-0.15, -0.1) is 0 Å². The summed E-state index contributed by atoms with van der Waals surface area (Å²) in [5.41, 5.74) is 1.25. The van der Waals surface area contributed by atoms with Crippen molar-refractivity contribution in [3.8, 4) is 0 Å². The summed E-state index contributed by atoms with van der Waals surface area (Å²) in [6.45, 7) is 3.74. The smallest absolute Gasteiger partial charge is 0.230 e. The molecule has 2 N–H and O–H groups in total. The Bertz CT molecular complexity index is 434. The molecule has 1 saturated carbocycles. The molecule has 0 radical (unpaired) electrons. The number of nitrogens with one attached hydrogen (secondary N) is 1. The number of para-hydroxylation sites is 1. The van der Waals surface area contributed by atoms with Crippen LogP contribution in [0.1, 0.15) is 51.2 Å². The molecule has 3 nitrogen and oxygen atoms in total. The number of aliphatic hydroxyl groups is 1. The molecule has 0 heterocycles. The summed E-state index contributed by atoms with van der Waals surface area (Å²) in [5.74, 6) is 0.0769. The van der Waals surface area contributed by atoms with Crippen LogP contribution in [0.15, 0.2) is 24.3 Å². The van der Waals surface area contributed by atoms with E-state index in [1.807, 2.05) is 31.2 Å². The molecule has 0 bridgehead atoms. The van der Waals surface area contributed by atoms with Crippen LogP contribution in [-0.2, 0) is 4.79 Å². The van der Waals surface area contributed by atoms with Gasteiger partial charge in [-0.25, -0.2) is 0 Å². The summed E-state index contributed by atoms with van der Waals surface area (Å²) in [5, 5.41) is 12.7. The topological polar surface area (TPSA) is 49.3 Å². The van der Waals surface area contributed by atoms with E-state index in [2.05, 4.69) is 5.32 Å². The van der Waals surface area contributed by atoms with Gasteiger partial charge in [0.15, 0.2) is 0 Å². The number of benzene rings is 1. The highest BCUT2D eigenvalue weighted by Crippen LogP contribution is 2.38. The zero-order valence-corrected chi connectivity index (χ0v) is 11.1. The molecule has 0 aromatic heterocycles. The van der Waals surface area contributed by atoms with E-state index < -0.39 is 6.10 Å². The highest BCUT2D eigenvalue weighted by atomic mass is 16.3. The minimum absolute atomic E-state index is 0.0769. The van der Waals surface area contributed by atoms with Crippen LogP contribution in [0.2, 0.25) is 0 Å². The Labute approximate surface area is 108 Å². The van der Waals surface area contributed by atoms with E-state index in [0.29, 0.717) is 0 Å². The van der Waals surface area contributed by atoms with Crippen LogP contribution >= 0.6 is 0 Å². The SMILES string of the molecule is CC(O)c1ccccc1NC(=O)C1(C)CCCC1. The van der Waals surface area contributed by atoms with Crippen molar-refractivity contribution in [2.24, 2.45) is 5.41 Å². The van der Waals surface area contributed by atoms with Gasteiger partial charge in [0.05, 0.1) is 6.10 Å². The van der Waals surface area contributed by atoms with Crippen molar-refractivity contribution >= 4 is 11.6 Å². The van der Waals surface area contributed by atoms with Gasteiger partial charge in [0.2, 0.25) is 5.91 Å². The minimum Gasteiger partial charge on any atom is -0.389 e. The first-order valence-electron chi connectivity index (χ1n) is 6.61. The molecule has 1 unspecified atom stereocenters. The molecule has 0 aliphatic heterocycles. The fraction of sp³-hybridized carbons (Fsp3) is 0.533. The fourth-order valence-corrected chi connectivity index (χ4v) is 2.63. The molecule has 1 fully saturated rings. The Balaban J connectivity index is 2.16. The third-order valence-electron chi connectivity index (χ3n) is 3.91. The number of anilines is 1. The standard InChI is InChI=1S/C15H21NO2/c1-11(17)12-7-3-4-8-13(12)16-14(18)15(2)9-5-6-10-15/h3-4,7-8,11,17H,5-6,9-10H2,1-2H3,(H,16,18). The summed E-state index contributed by atoms with van der Waals surface area (Å²) in [4.78, 5) is 12.3. The van der Waals surface area contributed by atoms with E-state index in [-0.39, 0.29) is 11.3 Å². The quantitative estimate of drug-likeness (QED) is 0.861. The van der Waals surface area contributed by atoms with Crippen molar-refractivity contribution in [2.75, 3.05) is 5.32 Å². The Morgan fingerprint density at radius 1 is 1.33 bits per heavy atom. The molecule has 1 atom stereocenters. The van der Waals surface area contributed by atoms with Crippen molar-refractivity contribution in [3.63, 3.8) is 0 Å². The van der Waals surface area contributed by atoms with Gasteiger partial charge < -0.3 is 10.4 Å². The lowest BCUT2D eigenvalue weighted by Crippen LogP contribution is -2.31. The molecular formula is C15H21NO2. The minimum atomic E-state index is -0.571. The van der Waals surface area contributed by atoms with E-state index in [4.69, 9.17) is 0 Å². The monoisotopic (exact) mass is 247 g/mol. The van der Waals surface area contributed by atoms with Gasteiger partial charge in [-0.05, 0) is 25.8 Å². The molecule has 1 aliphatic rings. The second-order valence-corrected chi connectivity index (χ2v) is 5.49. The fourth-order valence-electron chi connectivity index (χ4n) is 2.63. The summed E-state index contributed by atoms with van der Waals surface area (Å²) < 4.78 is 0. The number of carbonyl (C=O) groups excluding carboxylic acids is 1. The predicted octanol–water partition coefficient (Wildman–Crippen LogP) is 3.26. The third-order valence-corrected chi connectivity index (χ3v) is 3.91. The first-order chi connectivity index (χ1) is 8.53. The maximum absolute atomic E-state index is 12.3. The van der Waals surface area contributed by atoms with Gasteiger partial charge in [-0.2, -0.15) is 0 Å². The molecule has 18 heavy (non-hydrogen) atoms. The average Bonchev–Trinajstić information content (AvgIpc) is 2.78. The molecular weight excluding hydrogens is 226 g/mol. The van der Waals surface area contributed by atoms with Crippen molar-refractivity contribution in [3.05, 3.63) is 29.8 Å². The van der Waals surface area contributed by atoms with Crippen LogP contribution in [-0.4, -0.2) is 11.0 Å². The van der Waals surface area contributed by atoms with E-state index in [1.54, 1.807) is 6.92 Å². The summed E-state index contributed by atoms with van der Waals surface area (Å²) in [7, 11) is 0. The largest absolute Gasteiger partial charge is 0.389 e. The van der Waals surface area contributed by atoms with Crippen molar-refractivity contribution in [2.45, 2.75) is 45.6 Å². The Hall–Kier alpha value is -1.35. The van der Waals surface area contributed by atoms with E-state index >= 15 is 0 Å². The molecule has 0 saturated heterocycles. The first kappa shape index (κ1) is 13.1. The van der Waals surface area contributed by atoms with Crippen LogP contribution < -0.4 is 5.32 Å². The highest BCUT2D eigenvalue weighted by Gasteiger charge is 2.36. The van der Waals surface area contributed by atoms with Crippen LogP contribution in [0.4, 0.5) is 5.69 Å². The van der Waals surface area contributed by atoms with Crippen LogP contribution in [0.3, 0.4) is 0 Å². The second kappa shape index (κ2) is 5.11. The number of hydrogen-bond donors (Lipinski definition) is 2. The highest BCUT2D eigenvalue weighted by molar-refractivity contribution is 5.95. The lowest BCUT2D eigenvalue weighted by molar-refractivity contribution is -0.124. The molecule has 1 aromatic rings. The van der Waals surface area contributed by atoms with Gasteiger partial charge in [0, 0.05) is 16.7 Å². The second-order valence-electron chi connectivity index (χ2n) is 5.49. The van der Waals surface area contributed by atoms with Crippen molar-refractivity contribution in [1.29, 1.82) is 0 Å². The van der Waals surface area contributed by atoms with Crippen molar-refractivity contribution in [1.82, 2.24) is 0 Å². The number of rotatable bonds is 3. The summed E-state index contributed by atoms with van der Waals surface area (Å²) >= 11 is 0. The molecule has 1 amide bonds. The maximum Gasteiger partial charge on any atom is 0.230 e. The van der Waals surface area contributed by atoms with Crippen LogP contribution in [0.5, 0.6) is 0 Å². The van der Waals surface area contributed by atoms with Crippen molar-refractivity contribution < 1.29 is 9.90 Å². The van der Waals surface area contributed by atoms with E-state index in [9.17, 15) is 9.90 Å². The number of hydrogen-bond acceptors (Lipinski definition) is 2. The van der Waals surface area contributed by atoms with E-state index in [1.165, 1.54) is 0 Å². The third kappa shape index (κ3) is 2.56. The van der Waals surface area contributed by atoms with Crippen LogP contribution in [0, 0.1) is 5.41 Å². The van der Waals surface area contributed by atoms with E-state index in [0.717, 1.165) is 36.9 Å². The normalized spacial score (nSPS) is 19.5. The molecule has 1 aliphatic carbocycles. The zero-order chi connectivity index (χ0) is 13.2. The number of amides is 1. The van der Waals surface area contributed by atoms with Gasteiger partial charge in [0.1, 0.15) is 0 Å². The maximum atomic E-state index is 12.3. The lowest BCUT2D eigenvalue weighted by Gasteiger charge is -2.23. The van der Waals surface area contributed by atoms with Gasteiger partial charge in [-0.3, -0.25) is 4.79 Å². The molecule has 1 aromatic carbocycles. The Kier molecular flexibility index (Phi) is 3.71. The molecule has 98 valence electrons. The summed E-state index contributed by atoms with van der Waals surface area (Å²) in [6, 6.07) is 7.43. The van der Waals surface area contributed by atoms with Gasteiger partial charge in [-0.1, -0.05) is 38.0 Å². The number of carbonyl (C=O) groups is 1. The van der Waals surface area contributed by atoms with Crippen LogP contribution in [0.25, 0.3) is 0 Å². The summed E-state index contributed by atoms with van der Waals surface area (Å²) in [6.07, 6.45) is 3.59. The first-order valence-corrected chi connectivity index (χ1v) is 6.61. The molecule has 2 rings (SSSR count). The van der Waals surface area contributed by atoms with Gasteiger partial charge in [0.25, 0.3) is 0 Å². The molecule has 0 spiro atoms. The predicted molar refractivity (Wildman–Crippen MR) is 72.3 cm³/mol. The zero-order valence-electron chi connectivity index (χ0n) is 11.1. The molecule has 3 heteroatoms. The van der Waals surface area contributed by atoms with Gasteiger partial charge >= 0.3 is 0 Å². The Morgan fingerprint density at radius 3 is 2.56 bits per heavy atom. The average molecular weight is 247 g/mol. The lowest BCUT2D eigenvalue weighted by atomic mass is 9.87. The Morgan fingerprint density at radius 2 is 1.94 bits per heavy atom.